The number of carbonyl (C=O) groups is 2. The maximum Gasteiger partial charge on any atom is 0.348 e. The van der Waals surface area contributed by atoms with E-state index in [1.165, 1.54) is 22.1 Å². The lowest BCUT2D eigenvalue weighted by Gasteiger charge is -2.05. The van der Waals surface area contributed by atoms with Gasteiger partial charge in [0.05, 0.1) is 5.00 Å². The molecule has 9 nitrogen and oxygen atoms in total. The summed E-state index contributed by atoms with van der Waals surface area (Å²) in [5.41, 5.74) is 0.718. The molecule has 1 aliphatic rings. The summed E-state index contributed by atoms with van der Waals surface area (Å²) in [6, 6.07) is 1.74. The van der Waals surface area contributed by atoms with Gasteiger partial charge in [0.15, 0.2) is 5.82 Å². The number of esters is 1. The number of hydrogen-bond donors (Lipinski definition) is 1. The molecule has 0 unspecified atom stereocenters. The highest BCUT2D eigenvalue weighted by Gasteiger charge is 2.30. The molecule has 2 aromatic heterocycles. The van der Waals surface area contributed by atoms with Crippen molar-refractivity contribution in [3.8, 4) is 0 Å². The van der Waals surface area contributed by atoms with E-state index in [0.29, 0.717) is 15.7 Å². The Bertz CT molecular complexity index is 868. The molecule has 0 radical (unpaired) electrons. The van der Waals surface area contributed by atoms with Gasteiger partial charge < -0.3 is 20.2 Å². The number of amides is 1. The van der Waals surface area contributed by atoms with E-state index in [-0.39, 0.29) is 30.8 Å². The number of ether oxygens (including phenoxy) is 1. The van der Waals surface area contributed by atoms with Crippen molar-refractivity contribution in [2.75, 3.05) is 11.9 Å². The molecule has 0 aromatic carbocycles. The maximum absolute atomic E-state index is 12.3. The molecule has 10 heteroatoms. The lowest BCUT2D eigenvalue weighted by atomic mass is 10.3. The number of anilines is 1. The molecule has 1 saturated carbocycles. The van der Waals surface area contributed by atoms with Gasteiger partial charge in [-0.15, -0.1) is 11.3 Å². The Balaban J connectivity index is 1.58. The number of aromatic nitrogens is 2. The largest absolute Gasteiger partial charge is 0.457 e. The lowest BCUT2D eigenvalue weighted by molar-refractivity contribution is -0.392. The second-order valence-electron chi connectivity index (χ2n) is 6.09. The normalized spacial score (nSPS) is 13.5. The van der Waals surface area contributed by atoms with Crippen molar-refractivity contribution in [2.45, 2.75) is 33.2 Å². The van der Waals surface area contributed by atoms with Crippen LogP contribution in [0.1, 0.15) is 33.9 Å². The van der Waals surface area contributed by atoms with Crippen LogP contribution in [0, 0.1) is 29.9 Å². The maximum atomic E-state index is 12.3. The molecule has 26 heavy (non-hydrogen) atoms. The Morgan fingerprint density at radius 3 is 2.85 bits per heavy atom. The molecule has 1 amide bonds. The number of rotatable bonds is 7. The Morgan fingerprint density at radius 1 is 1.46 bits per heavy atom. The fourth-order valence-electron chi connectivity index (χ4n) is 2.49. The molecule has 0 atom stereocenters. The molecular formula is C16H18N4O5S. The van der Waals surface area contributed by atoms with Gasteiger partial charge in [-0.1, -0.05) is 0 Å². The van der Waals surface area contributed by atoms with Gasteiger partial charge in [0.1, 0.15) is 24.2 Å². The summed E-state index contributed by atoms with van der Waals surface area (Å²) in [6.07, 6.45) is 2.99. The smallest absolute Gasteiger partial charge is 0.348 e. The van der Waals surface area contributed by atoms with E-state index in [1.54, 1.807) is 19.9 Å². The van der Waals surface area contributed by atoms with Crippen LogP contribution in [0.25, 0.3) is 0 Å². The molecule has 0 aliphatic heterocycles. The summed E-state index contributed by atoms with van der Waals surface area (Å²) in [5.74, 6) is -0.114. The zero-order chi connectivity index (χ0) is 18.8. The van der Waals surface area contributed by atoms with Gasteiger partial charge in [0.2, 0.25) is 5.91 Å². The predicted octanol–water partition coefficient (Wildman–Crippen LogP) is 2.68. The Labute approximate surface area is 153 Å². The van der Waals surface area contributed by atoms with Gasteiger partial charge in [0.25, 0.3) is 0 Å². The molecule has 3 rings (SSSR count). The number of hydrogen-bond acceptors (Lipinski definition) is 7. The van der Waals surface area contributed by atoms with Crippen LogP contribution in [0.3, 0.4) is 0 Å². The highest BCUT2D eigenvalue weighted by Crippen LogP contribution is 2.33. The van der Waals surface area contributed by atoms with Crippen LogP contribution in [-0.4, -0.2) is 33.0 Å². The number of carbonyl (C=O) groups excluding carboxylic acids is 2. The van der Waals surface area contributed by atoms with Gasteiger partial charge in [-0.2, -0.15) is 0 Å². The molecule has 2 heterocycles. The standard InChI is InChI=1S/C16H18N4O5S/c1-9-7-12(18-15(21)11-3-4-11)26-14(9)16(22)25-6-5-19-10(2)17-8-13(19)20(23)24/h7-8,11H,3-6H2,1-2H3,(H,18,21). The summed E-state index contributed by atoms with van der Waals surface area (Å²) in [4.78, 5) is 38.8. The Morgan fingerprint density at radius 2 is 2.19 bits per heavy atom. The first kappa shape index (κ1) is 18.1. The number of nitrogens with one attached hydrogen (secondary N) is 1. The van der Waals surface area contributed by atoms with Crippen molar-refractivity contribution in [1.82, 2.24) is 9.55 Å². The molecule has 1 N–H and O–H groups in total. The molecule has 138 valence electrons. The van der Waals surface area contributed by atoms with E-state index in [9.17, 15) is 19.7 Å². The van der Waals surface area contributed by atoms with E-state index in [1.807, 2.05) is 0 Å². The van der Waals surface area contributed by atoms with Crippen molar-refractivity contribution < 1.29 is 19.2 Å². The van der Waals surface area contributed by atoms with Crippen molar-refractivity contribution in [3.63, 3.8) is 0 Å². The second kappa shape index (κ2) is 7.24. The van der Waals surface area contributed by atoms with Crippen LogP contribution in [-0.2, 0) is 16.1 Å². The summed E-state index contributed by atoms with van der Waals surface area (Å²) in [7, 11) is 0. The molecule has 0 bridgehead atoms. The van der Waals surface area contributed by atoms with Crippen LogP contribution >= 0.6 is 11.3 Å². The third-order valence-electron chi connectivity index (χ3n) is 4.07. The Kier molecular flexibility index (Phi) is 5.03. The van der Waals surface area contributed by atoms with Gasteiger partial charge in [-0.25, -0.2) is 14.3 Å². The topological polar surface area (TPSA) is 116 Å². The third-order valence-corrected chi connectivity index (χ3v) is 5.20. The quantitative estimate of drug-likeness (QED) is 0.450. The monoisotopic (exact) mass is 378 g/mol. The minimum atomic E-state index is -0.528. The van der Waals surface area contributed by atoms with E-state index in [4.69, 9.17) is 4.74 Å². The van der Waals surface area contributed by atoms with Crippen LogP contribution in [0.15, 0.2) is 12.3 Å². The first-order valence-electron chi connectivity index (χ1n) is 8.11. The van der Waals surface area contributed by atoms with Crippen molar-refractivity contribution in [3.05, 3.63) is 38.6 Å². The molecular weight excluding hydrogens is 360 g/mol. The Hall–Kier alpha value is -2.75. The van der Waals surface area contributed by atoms with Crippen LogP contribution < -0.4 is 5.32 Å². The first-order valence-corrected chi connectivity index (χ1v) is 8.93. The van der Waals surface area contributed by atoms with Crippen LogP contribution in [0.4, 0.5) is 10.8 Å². The SMILES string of the molecule is Cc1cc(NC(=O)C2CC2)sc1C(=O)OCCn1c([N+](=O)[O-])cnc1C. The summed E-state index contributed by atoms with van der Waals surface area (Å²) >= 11 is 1.17. The highest BCUT2D eigenvalue weighted by atomic mass is 32.1. The van der Waals surface area contributed by atoms with Gasteiger partial charge in [-0.3, -0.25) is 4.79 Å². The molecule has 1 aliphatic carbocycles. The van der Waals surface area contributed by atoms with Crippen LogP contribution in [0.5, 0.6) is 0 Å². The van der Waals surface area contributed by atoms with Gasteiger partial charge in [0, 0.05) is 12.8 Å². The van der Waals surface area contributed by atoms with E-state index >= 15 is 0 Å². The average molecular weight is 378 g/mol. The molecule has 0 saturated heterocycles. The van der Waals surface area contributed by atoms with Gasteiger partial charge >= 0.3 is 11.8 Å². The molecule has 2 aromatic rings. The third kappa shape index (κ3) is 3.90. The second-order valence-corrected chi connectivity index (χ2v) is 7.15. The zero-order valence-corrected chi connectivity index (χ0v) is 15.2. The van der Waals surface area contributed by atoms with Crippen molar-refractivity contribution >= 4 is 34.0 Å². The number of thiophene rings is 1. The van der Waals surface area contributed by atoms with Crippen molar-refractivity contribution in [1.29, 1.82) is 0 Å². The number of aryl methyl sites for hydroxylation is 2. The number of nitro groups is 1. The lowest BCUT2D eigenvalue weighted by Crippen LogP contribution is -2.13. The van der Waals surface area contributed by atoms with E-state index in [0.717, 1.165) is 18.4 Å². The summed E-state index contributed by atoms with van der Waals surface area (Å²) in [6.45, 7) is 3.54. The van der Waals surface area contributed by atoms with E-state index < -0.39 is 10.9 Å². The van der Waals surface area contributed by atoms with Crippen molar-refractivity contribution in [2.24, 2.45) is 5.92 Å². The molecule has 1 fully saturated rings. The summed E-state index contributed by atoms with van der Waals surface area (Å²) in [5, 5.41) is 14.4. The fourth-order valence-corrected chi connectivity index (χ4v) is 3.46. The minimum absolute atomic E-state index is 0.0159. The molecule has 0 spiro atoms. The van der Waals surface area contributed by atoms with Gasteiger partial charge in [-0.05, 0) is 36.3 Å². The summed E-state index contributed by atoms with van der Waals surface area (Å²) < 4.78 is 6.62. The average Bonchev–Trinajstić information content (AvgIpc) is 3.28. The minimum Gasteiger partial charge on any atom is -0.457 e. The fraction of sp³-hybridized carbons (Fsp3) is 0.438. The predicted molar refractivity (Wildman–Crippen MR) is 94.3 cm³/mol. The zero-order valence-electron chi connectivity index (χ0n) is 14.4. The highest BCUT2D eigenvalue weighted by molar-refractivity contribution is 7.18. The number of imidazole rings is 1. The van der Waals surface area contributed by atoms with Crippen LogP contribution in [0.2, 0.25) is 0 Å². The first-order chi connectivity index (χ1) is 12.4. The number of nitrogens with zero attached hydrogens (tertiary/aromatic N) is 3. The van der Waals surface area contributed by atoms with E-state index in [2.05, 4.69) is 10.3 Å².